The molecule has 0 aliphatic heterocycles. The maximum absolute atomic E-state index is 14.4. The van der Waals surface area contributed by atoms with Crippen LogP contribution in [0, 0.1) is 5.82 Å². The van der Waals surface area contributed by atoms with E-state index in [0.717, 1.165) is 11.8 Å². The van der Waals surface area contributed by atoms with Crippen LogP contribution in [0.25, 0.3) is 11.4 Å². The smallest absolute Gasteiger partial charge is 0.560 e. The van der Waals surface area contributed by atoms with Crippen molar-refractivity contribution in [2.45, 2.75) is 4.90 Å². The quantitative estimate of drug-likeness (QED) is 0.673. The number of benzene rings is 1. The number of carbonyl (C=O) groups excluding carboxylic acids is 1. The molecule has 22 heavy (non-hydrogen) atoms. The molecule has 116 valence electrons. The highest BCUT2D eigenvalue weighted by atomic mass is 35.5. The van der Waals surface area contributed by atoms with Crippen molar-refractivity contribution in [2.24, 2.45) is 0 Å². The molecule has 2 aromatic rings. The summed E-state index contributed by atoms with van der Waals surface area (Å²) in [4.78, 5) is 19.6. The van der Waals surface area contributed by atoms with Crippen molar-refractivity contribution in [1.29, 1.82) is 0 Å². The Hall–Kier alpha value is -2.06. The van der Waals surface area contributed by atoms with Gasteiger partial charge in [-0.15, -0.1) is 11.8 Å². The molecule has 0 spiro atoms. The predicted octanol–water partition coefficient (Wildman–Crippen LogP) is 2.11. The lowest BCUT2D eigenvalue weighted by atomic mass is 10.1. The maximum atomic E-state index is 14.4. The Kier molecular flexibility index (Phi) is 4.72. The van der Waals surface area contributed by atoms with E-state index >= 15 is 0 Å². The summed E-state index contributed by atoms with van der Waals surface area (Å²) in [6.45, 7) is 0. The van der Waals surface area contributed by atoms with Crippen molar-refractivity contribution in [3.63, 3.8) is 0 Å². The minimum atomic E-state index is -1.03. The van der Waals surface area contributed by atoms with Gasteiger partial charge < -0.3 is 15.6 Å². The normalized spacial score (nSPS) is 10.5. The van der Waals surface area contributed by atoms with Gasteiger partial charge in [0, 0.05) is 4.79 Å². The first kappa shape index (κ1) is 16.3. The second-order valence-electron chi connectivity index (χ2n) is 4.09. The van der Waals surface area contributed by atoms with Gasteiger partial charge in [0.05, 0.1) is 22.6 Å². The lowest BCUT2D eigenvalue weighted by Crippen LogP contribution is -2.09. The molecule has 1 aromatic carbocycles. The number of nitrogen functional groups attached to an aromatic ring is 1. The number of carbonyl (C=O) groups is 1. The zero-order valence-electron chi connectivity index (χ0n) is 11.6. The molecule has 0 aliphatic rings. The number of rotatable bonds is 4. The summed E-state index contributed by atoms with van der Waals surface area (Å²) >= 11 is 6.97. The lowest BCUT2D eigenvalue weighted by molar-refractivity contribution is 0.0686. The van der Waals surface area contributed by atoms with Crippen molar-refractivity contribution in [3.8, 4) is 17.1 Å². The van der Waals surface area contributed by atoms with Crippen molar-refractivity contribution < 1.29 is 19.0 Å². The Labute approximate surface area is 134 Å². The Bertz CT molecular complexity index is 758. The molecule has 0 aliphatic carbocycles. The van der Waals surface area contributed by atoms with E-state index in [1.807, 2.05) is 0 Å². The van der Waals surface area contributed by atoms with Gasteiger partial charge in [0.1, 0.15) is 5.82 Å². The first-order valence-corrected chi connectivity index (χ1v) is 7.50. The average Bonchev–Trinajstić information content (AvgIpc) is 2.46. The van der Waals surface area contributed by atoms with E-state index in [2.05, 4.69) is 9.97 Å². The molecular weight excluding hydrogens is 333 g/mol. The van der Waals surface area contributed by atoms with E-state index in [9.17, 15) is 9.18 Å². The monoisotopic (exact) mass is 344 g/mol. The molecule has 0 atom stereocenters. The molecule has 4 N–H and O–H groups in total. The van der Waals surface area contributed by atoms with Crippen LogP contribution in [-0.4, -0.2) is 34.4 Å². The van der Waals surface area contributed by atoms with Gasteiger partial charge >= 0.3 is 5.97 Å². The Morgan fingerprint density at radius 2 is 2.14 bits per heavy atom. The largest absolute Gasteiger partial charge is 0.569 e. The Balaban J connectivity index is 2.71. The maximum Gasteiger partial charge on any atom is 0.569 e. The molecule has 0 saturated carbocycles. The van der Waals surface area contributed by atoms with Crippen LogP contribution in [0.15, 0.2) is 17.0 Å². The van der Waals surface area contributed by atoms with Crippen LogP contribution in [0.2, 0.25) is 5.02 Å². The van der Waals surface area contributed by atoms with Crippen LogP contribution in [0.4, 0.5) is 10.2 Å². The summed E-state index contributed by atoms with van der Waals surface area (Å²) in [5.41, 5.74) is 5.57. The zero-order valence-corrected chi connectivity index (χ0v) is 13.2. The summed E-state index contributed by atoms with van der Waals surface area (Å²) in [6.07, 6.45) is 1.67. The topological polar surface area (TPSA) is 101 Å². The Morgan fingerprint density at radius 1 is 1.45 bits per heavy atom. The molecule has 1 heterocycles. The third kappa shape index (κ3) is 2.79. The van der Waals surface area contributed by atoms with E-state index in [1.165, 1.54) is 19.2 Å². The second-order valence-corrected chi connectivity index (χ2v) is 5.31. The lowest BCUT2D eigenvalue weighted by Gasteiger charge is -2.10. The zero-order chi connectivity index (χ0) is 16.4. The fourth-order valence-electron chi connectivity index (χ4n) is 1.84. The third-order valence-electron chi connectivity index (χ3n) is 2.81. The van der Waals surface area contributed by atoms with Crippen LogP contribution in [0.1, 0.15) is 10.5 Å². The molecule has 9 heteroatoms. The van der Waals surface area contributed by atoms with E-state index in [4.69, 9.17) is 27.2 Å². The molecule has 0 unspecified atom stereocenters. The first-order chi connectivity index (χ1) is 10.4. The number of ether oxygens (including phenoxy) is 1. The summed E-state index contributed by atoms with van der Waals surface area (Å²) in [7, 11) is 1.28. The average molecular weight is 345 g/mol. The molecule has 1 aromatic heterocycles. The van der Waals surface area contributed by atoms with Crippen molar-refractivity contribution in [2.75, 3.05) is 19.1 Å². The first-order valence-electron chi connectivity index (χ1n) is 5.90. The molecule has 0 fully saturated rings. The molecule has 2 rings (SSSR count). The molecule has 0 saturated heterocycles. The number of halogens is 2. The van der Waals surface area contributed by atoms with E-state index < -0.39 is 11.8 Å². The van der Waals surface area contributed by atoms with Crippen LogP contribution >= 0.6 is 23.4 Å². The SMILES string of the molecule is COc1c(Cl)ccc(-c2nc(N)c(SC)c(C(=O)[OH2+])n2)c1F. The van der Waals surface area contributed by atoms with Gasteiger partial charge in [-0.2, -0.15) is 0 Å². The minimum absolute atomic E-state index is 0.00131. The summed E-state index contributed by atoms with van der Waals surface area (Å²) in [5.74, 6) is -2.07. The van der Waals surface area contributed by atoms with Gasteiger partial charge in [-0.3, -0.25) is 0 Å². The van der Waals surface area contributed by atoms with Crippen molar-refractivity contribution in [3.05, 3.63) is 28.7 Å². The van der Waals surface area contributed by atoms with Gasteiger partial charge in [0.15, 0.2) is 17.4 Å². The van der Waals surface area contributed by atoms with Gasteiger partial charge in [-0.25, -0.2) is 14.4 Å². The predicted molar refractivity (Wildman–Crippen MR) is 83.1 cm³/mol. The highest BCUT2D eigenvalue weighted by Crippen LogP contribution is 2.35. The third-order valence-corrected chi connectivity index (χ3v) is 3.91. The molecule has 0 bridgehead atoms. The number of methoxy groups -OCH3 is 1. The van der Waals surface area contributed by atoms with Gasteiger partial charge in [-0.1, -0.05) is 11.6 Å². The van der Waals surface area contributed by atoms with Crippen molar-refractivity contribution >= 4 is 35.1 Å². The number of thioether (sulfide) groups is 1. The summed E-state index contributed by atoms with van der Waals surface area (Å²) in [5, 5.41) is 7.34. The molecule has 0 amide bonds. The van der Waals surface area contributed by atoms with E-state index in [-0.39, 0.29) is 38.6 Å². The van der Waals surface area contributed by atoms with E-state index in [1.54, 1.807) is 6.26 Å². The fraction of sp³-hybridized carbons (Fsp3) is 0.154. The van der Waals surface area contributed by atoms with Gasteiger partial charge in [0.25, 0.3) is 0 Å². The van der Waals surface area contributed by atoms with Gasteiger partial charge in [0.2, 0.25) is 5.69 Å². The standard InChI is InChI=1S/C13H11ClFN3O3S/c1-21-9-6(14)4-3-5(7(9)15)12-17-8(13(19)20)10(22-2)11(16)18-12/h3-4H,1-2H3,(H,19,20)(H2,16,17,18)/p+1. The number of nitrogens with two attached hydrogens (primary N) is 1. The van der Waals surface area contributed by atoms with Gasteiger partial charge in [-0.05, 0) is 18.4 Å². The minimum Gasteiger partial charge on any atom is -0.560 e. The fourth-order valence-corrected chi connectivity index (χ4v) is 2.65. The van der Waals surface area contributed by atoms with Crippen molar-refractivity contribution in [1.82, 2.24) is 9.97 Å². The number of hydrogen-bond donors (Lipinski definition) is 1. The highest BCUT2D eigenvalue weighted by molar-refractivity contribution is 7.98. The number of aromatic nitrogens is 2. The summed E-state index contributed by atoms with van der Waals surface area (Å²) < 4.78 is 19.3. The number of hydrogen-bond acceptors (Lipinski definition) is 6. The second kappa shape index (κ2) is 6.37. The molecular formula is C13H12ClFN3O3S+. The highest BCUT2D eigenvalue weighted by Gasteiger charge is 2.25. The van der Waals surface area contributed by atoms with Crippen LogP contribution < -0.4 is 10.5 Å². The molecule has 6 nitrogen and oxygen atoms in total. The Morgan fingerprint density at radius 3 is 2.68 bits per heavy atom. The number of anilines is 1. The van der Waals surface area contributed by atoms with E-state index in [0.29, 0.717) is 0 Å². The van der Waals surface area contributed by atoms with Crippen LogP contribution in [0.5, 0.6) is 5.75 Å². The number of nitrogens with zero attached hydrogens (tertiary/aromatic N) is 2. The van der Waals surface area contributed by atoms with Crippen LogP contribution in [0.3, 0.4) is 0 Å². The van der Waals surface area contributed by atoms with Crippen LogP contribution in [-0.2, 0) is 0 Å². The summed E-state index contributed by atoms with van der Waals surface area (Å²) in [6, 6.07) is 2.77. The molecule has 0 radical (unpaired) electrons.